The van der Waals surface area contributed by atoms with Crippen molar-refractivity contribution in [3.8, 4) is 17.3 Å². The lowest BCUT2D eigenvalue weighted by Crippen LogP contribution is -2.31. The lowest BCUT2D eigenvalue weighted by Gasteiger charge is -2.12. The Balaban J connectivity index is 2.18. The molecular formula is C19H17N3O4. The SMILES string of the molecule is Cc1ccc(-n2c(O)c(C=Nc3ccccc3O)c(=O)[nH]c2=O)c(C)c1. The van der Waals surface area contributed by atoms with Crippen LogP contribution in [-0.2, 0) is 0 Å². The van der Waals surface area contributed by atoms with Gasteiger partial charge in [0, 0.05) is 6.21 Å². The fourth-order valence-electron chi connectivity index (χ4n) is 2.64. The van der Waals surface area contributed by atoms with Crippen molar-refractivity contribution in [2.45, 2.75) is 13.8 Å². The van der Waals surface area contributed by atoms with Gasteiger partial charge in [-0.05, 0) is 37.6 Å². The molecule has 0 saturated carbocycles. The van der Waals surface area contributed by atoms with Crippen LogP contribution in [0.3, 0.4) is 0 Å². The number of phenolic OH excluding ortho intramolecular Hbond substituents is 1. The summed E-state index contributed by atoms with van der Waals surface area (Å²) in [7, 11) is 0. The maximum atomic E-state index is 12.2. The van der Waals surface area contributed by atoms with Gasteiger partial charge >= 0.3 is 5.69 Å². The van der Waals surface area contributed by atoms with Crippen molar-refractivity contribution in [2.24, 2.45) is 4.99 Å². The van der Waals surface area contributed by atoms with Crippen LogP contribution in [0.5, 0.6) is 11.6 Å². The van der Waals surface area contributed by atoms with Gasteiger partial charge < -0.3 is 10.2 Å². The summed E-state index contributed by atoms with van der Waals surface area (Å²) in [4.78, 5) is 30.6. The van der Waals surface area contributed by atoms with E-state index >= 15 is 0 Å². The first-order chi connectivity index (χ1) is 12.4. The number of aryl methyl sites for hydroxylation is 2. The quantitative estimate of drug-likeness (QED) is 0.629. The summed E-state index contributed by atoms with van der Waals surface area (Å²) in [5.41, 5.74) is 0.740. The summed E-state index contributed by atoms with van der Waals surface area (Å²) >= 11 is 0. The molecule has 0 amide bonds. The Labute approximate surface area is 148 Å². The zero-order valence-electron chi connectivity index (χ0n) is 14.2. The third-order valence-corrected chi connectivity index (χ3v) is 3.93. The zero-order chi connectivity index (χ0) is 18.8. The van der Waals surface area contributed by atoms with Crippen LogP contribution in [0.15, 0.2) is 57.0 Å². The predicted octanol–water partition coefficient (Wildman–Crippen LogP) is 2.30. The second kappa shape index (κ2) is 6.72. The number of aromatic amines is 1. The molecule has 7 heteroatoms. The molecule has 132 valence electrons. The molecule has 0 saturated heterocycles. The molecule has 0 unspecified atom stereocenters. The molecule has 1 aromatic heterocycles. The molecule has 0 radical (unpaired) electrons. The van der Waals surface area contributed by atoms with Crippen molar-refractivity contribution in [3.63, 3.8) is 0 Å². The summed E-state index contributed by atoms with van der Waals surface area (Å²) in [6.45, 7) is 3.71. The molecule has 0 fully saturated rings. The maximum absolute atomic E-state index is 12.2. The zero-order valence-corrected chi connectivity index (χ0v) is 14.2. The molecule has 0 spiro atoms. The number of nitrogens with one attached hydrogen (secondary N) is 1. The van der Waals surface area contributed by atoms with E-state index in [1.165, 1.54) is 6.07 Å². The largest absolute Gasteiger partial charge is 0.506 e. The molecule has 0 aliphatic rings. The fourth-order valence-corrected chi connectivity index (χ4v) is 2.64. The van der Waals surface area contributed by atoms with Crippen molar-refractivity contribution in [2.75, 3.05) is 0 Å². The normalized spacial score (nSPS) is 11.2. The molecule has 3 aromatic rings. The van der Waals surface area contributed by atoms with Gasteiger partial charge in [-0.1, -0.05) is 29.8 Å². The van der Waals surface area contributed by atoms with Crippen LogP contribution in [0.4, 0.5) is 5.69 Å². The van der Waals surface area contributed by atoms with Gasteiger partial charge in [0.1, 0.15) is 17.0 Å². The Morgan fingerprint density at radius 2 is 1.81 bits per heavy atom. The number of hydrogen-bond donors (Lipinski definition) is 3. The first kappa shape index (κ1) is 17.2. The smallest absolute Gasteiger partial charge is 0.335 e. The lowest BCUT2D eigenvalue weighted by atomic mass is 10.1. The Kier molecular flexibility index (Phi) is 4.45. The number of phenols is 1. The first-order valence-corrected chi connectivity index (χ1v) is 7.86. The maximum Gasteiger partial charge on any atom is 0.335 e. The average Bonchev–Trinajstić information content (AvgIpc) is 2.57. The Bertz CT molecular complexity index is 1130. The lowest BCUT2D eigenvalue weighted by molar-refractivity contribution is 0.430. The number of aromatic nitrogens is 2. The molecule has 3 N–H and O–H groups in total. The topological polar surface area (TPSA) is 108 Å². The van der Waals surface area contributed by atoms with Gasteiger partial charge in [-0.25, -0.2) is 9.36 Å². The molecule has 0 atom stereocenters. The minimum absolute atomic E-state index is 0.0673. The number of hydrogen-bond acceptors (Lipinski definition) is 5. The Morgan fingerprint density at radius 3 is 2.50 bits per heavy atom. The number of H-pyrrole nitrogens is 1. The van der Waals surface area contributed by atoms with Crippen LogP contribution in [0.1, 0.15) is 16.7 Å². The second-order valence-corrected chi connectivity index (χ2v) is 5.87. The van der Waals surface area contributed by atoms with Crippen LogP contribution >= 0.6 is 0 Å². The number of para-hydroxylation sites is 2. The third-order valence-electron chi connectivity index (χ3n) is 3.93. The molecule has 7 nitrogen and oxygen atoms in total. The highest BCUT2D eigenvalue weighted by Crippen LogP contribution is 2.25. The molecule has 0 aliphatic carbocycles. The van der Waals surface area contributed by atoms with Crippen molar-refractivity contribution < 1.29 is 10.2 Å². The van der Waals surface area contributed by atoms with Crippen LogP contribution in [0, 0.1) is 13.8 Å². The molecule has 3 rings (SSSR count). The Hall–Kier alpha value is -3.61. The number of rotatable bonds is 3. The van der Waals surface area contributed by atoms with Gasteiger partial charge in [0.05, 0.1) is 5.69 Å². The van der Waals surface area contributed by atoms with E-state index in [0.717, 1.165) is 21.9 Å². The number of aromatic hydroxyl groups is 2. The van der Waals surface area contributed by atoms with Crippen LogP contribution < -0.4 is 11.2 Å². The molecule has 1 heterocycles. The molecule has 2 aromatic carbocycles. The van der Waals surface area contributed by atoms with E-state index in [-0.39, 0.29) is 17.0 Å². The number of nitrogens with zero attached hydrogens (tertiary/aromatic N) is 2. The number of aliphatic imine (C=N–C) groups is 1. The summed E-state index contributed by atoms with van der Waals surface area (Å²) in [5.74, 6) is -0.591. The highest BCUT2D eigenvalue weighted by molar-refractivity contribution is 5.85. The highest BCUT2D eigenvalue weighted by Gasteiger charge is 2.15. The minimum Gasteiger partial charge on any atom is -0.506 e. The van der Waals surface area contributed by atoms with Gasteiger partial charge in [0.15, 0.2) is 0 Å². The van der Waals surface area contributed by atoms with E-state index in [0.29, 0.717) is 5.69 Å². The molecule has 26 heavy (non-hydrogen) atoms. The third kappa shape index (κ3) is 3.14. The van der Waals surface area contributed by atoms with Gasteiger partial charge in [-0.15, -0.1) is 0 Å². The van der Waals surface area contributed by atoms with Crippen molar-refractivity contribution >= 4 is 11.9 Å². The average molecular weight is 351 g/mol. The summed E-state index contributed by atoms with van der Waals surface area (Å²) < 4.78 is 1.02. The van der Waals surface area contributed by atoms with E-state index < -0.39 is 17.1 Å². The molecule has 0 aliphatic heterocycles. The number of benzene rings is 2. The van der Waals surface area contributed by atoms with E-state index in [4.69, 9.17) is 0 Å². The van der Waals surface area contributed by atoms with Gasteiger partial charge in [-0.3, -0.25) is 14.8 Å². The summed E-state index contributed by atoms with van der Waals surface area (Å²) in [6, 6.07) is 11.7. The van der Waals surface area contributed by atoms with E-state index in [1.54, 1.807) is 37.3 Å². The highest BCUT2D eigenvalue weighted by atomic mass is 16.3. The van der Waals surface area contributed by atoms with E-state index in [2.05, 4.69) is 9.98 Å². The summed E-state index contributed by atoms with van der Waals surface area (Å²) in [5, 5.41) is 20.3. The van der Waals surface area contributed by atoms with Gasteiger partial charge in [0.2, 0.25) is 5.88 Å². The fraction of sp³-hybridized carbons (Fsp3) is 0.105. The van der Waals surface area contributed by atoms with Crippen molar-refractivity contribution in [1.82, 2.24) is 9.55 Å². The van der Waals surface area contributed by atoms with Crippen molar-refractivity contribution in [3.05, 3.63) is 80.0 Å². The summed E-state index contributed by atoms with van der Waals surface area (Å²) in [6.07, 6.45) is 1.11. The van der Waals surface area contributed by atoms with E-state index in [1.807, 2.05) is 13.0 Å². The van der Waals surface area contributed by atoms with E-state index in [9.17, 15) is 19.8 Å². The minimum atomic E-state index is -0.771. The van der Waals surface area contributed by atoms with Crippen LogP contribution in [-0.4, -0.2) is 26.0 Å². The van der Waals surface area contributed by atoms with Gasteiger partial charge in [0.25, 0.3) is 5.56 Å². The second-order valence-electron chi connectivity index (χ2n) is 5.87. The standard InChI is InChI=1S/C19H17N3O4/c1-11-7-8-15(12(2)9-11)22-18(25)13(17(24)21-19(22)26)10-20-14-5-3-4-6-16(14)23/h3-10,23,25H,1-2H3,(H,21,24,26). The predicted molar refractivity (Wildman–Crippen MR) is 99.2 cm³/mol. The van der Waals surface area contributed by atoms with Crippen LogP contribution in [0.2, 0.25) is 0 Å². The van der Waals surface area contributed by atoms with Crippen LogP contribution in [0.25, 0.3) is 5.69 Å². The van der Waals surface area contributed by atoms with Crippen molar-refractivity contribution in [1.29, 1.82) is 0 Å². The molecule has 0 bridgehead atoms. The molecular weight excluding hydrogens is 334 g/mol. The monoisotopic (exact) mass is 351 g/mol. The Morgan fingerprint density at radius 1 is 1.08 bits per heavy atom. The first-order valence-electron chi connectivity index (χ1n) is 7.86. The van der Waals surface area contributed by atoms with Gasteiger partial charge in [-0.2, -0.15) is 0 Å².